The van der Waals surface area contributed by atoms with Crippen molar-refractivity contribution in [3.8, 4) is 0 Å². The molecule has 0 aliphatic carbocycles. The van der Waals surface area contributed by atoms with Crippen molar-refractivity contribution in [3.63, 3.8) is 0 Å². The van der Waals surface area contributed by atoms with Gasteiger partial charge >= 0.3 is 5.69 Å². The Hall–Kier alpha value is -1.84. The van der Waals surface area contributed by atoms with Crippen molar-refractivity contribution in [2.24, 2.45) is 4.99 Å². The number of morpholine rings is 1. The van der Waals surface area contributed by atoms with E-state index in [2.05, 4.69) is 15.0 Å². The van der Waals surface area contributed by atoms with Gasteiger partial charge < -0.3 is 19.5 Å². The number of aromatic nitrogens is 3. The molecule has 0 bridgehead atoms. The van der Waals surface area contributed by atoms with Crippen LogP contribution in [0.4, 0.5) is 5.95 Å². The van der Waals surface area contributed by atoms with Crippen LogP contribution in [0.25, 0.3) is 0 Å². The molecule has 1 N–H and O–H groups in total. The van der Waals surface area contributed by atoms with E-state index in [9.17, 15) is 4.79 Å². The van der Waals surface area contributed by atoms with Crippen molar-refractivity contribution >= 4 is 12.3 Å². The molecular weight excluding hydrogens is 302 g/mol. The summed E-state index contributed by atoms with van der Waals surface area (Å²) in [6.07, 6.45) is 4.45. The van der Waals surface area contributed by atoms with Crippen molar-refractivity contribution in [2.45, 2.75) is 25.0 Å². The van der Waals surface area contributed by atoms with Gasteiger partial charge in [-0.2, -0.15) is 4.98 Å². The van der Waals surface area contributed by atoms with Crippen LogP contribution in [0.3, 0.4) is 0 Å². The summed E-state index contributed by atoms with van der Waals surface area (Å²) in [5.41, 5.74) is -0.384. The third-order valence-corrected chi connectivity index (χ3v) is 4.04. The molecule has 1 aromatic rings. The molecule has 0 radical (unpaired) electrons. The highest BCUT2D eigenvalue weighted by molar-refractivity contribution is 5.58. The van der Waals surface area contributed by atoms with Crippen LogP contribution in [0.1, 0.15) is 18.9 Å². The van der Waals surface area contributed by atoms with Gasteiger partial charge in [0.25, 0.3) is 5.95 Å². The Balaban J connectivity index is 1.64. The number of ether oxygens (including phenoxy) is 2. The van der Waals surface area contributed by atoms with Gasteiger partial charge in [0.2, 0.25) is 0 Å². The summed E-state index contributed by atoms with van der Waals surface area (Å²) in [4.78, 5) is 26.3. The van der Waals surface area contributed by atoms with E-state index in [4.69, 9.17) is 14.6 Å². The molecule has 0 spiro atoms. The fraction of sp³-hybridized carbons (Fsp3) is 0.714. The van der Waals surface area contributed by atoms with E-state index in [1.54, 1.807) is 6.34 Å². The fourth-order valence-electron chi connectivity index (χ4n) is 2.63. The van der Waals surface area contributed by atoms with E-state index in [1.165, 1.54) is 10.9 Å². The summed E-state index contributed by atoms with van der Waals surface area (Å²) in [6.45, 7) is 3.27. The lowest BCUT2D eigenvalue weighted by Gasteiger charge is -2.28. The zero-order valence-corrected chi connectivity index (χ0v) is 12.9. The monoisotopic (exact) mass is 323 g/mol. The van der Waals surface area contributed by atoms with Gasteiger partial charge in [-0.3, -0.25) is 4.57 Å². The van der Waals surface area contributed by atoms with Crippen molar-refractivity contribution in [1.82, 2.24) is 19.4 Å². The molecule has 1 unspecified atom stereocenters. The summed E-state index contributed by atoms with van der Waals surface area (Å²) in [5, 5.41) is 9.06. The Morgan fingerprint density at radius 2 is 2.22 bits per heavy atom. The van der Waals surface area contributed by atoms with E-state index in [0.717, 1.165) is 19.5 Å². The summed E-state index contributed by atoms with van der Waals surface area (Å²) < 4.78 is 12.2. The van der Waals surface area contributed by atoms with Crippen molar-refractivity contribution < 1.29 is 14.6 Å². The van der Waals surface area contributed by atoms with Crippen molar-refractivity contribution in [2.75, 3.05) is 39.5 Å². The van der Waals surface area contributed by atoms with Crippen LogP contribution in [0.2, 0.25) is 0 Å². The quantitative estimate of drug-likeness (QED) is 0.580. The van der Waals surface area contributed by atoms with Crippen molar-refractivity contribution in [3.05, 3.63) is 16.8 Å². The average Bonchev–Trinajstić information content (AvgIpc) is 2.61. The third-order valence-electron chi connectivity index (χ3n) is 4.04. The molecule has 2 aliphatic rings. The molecule has 1 aromatic heterocycles. The number of aliphatic hydroxyl groups is 1. The molecule has 3 rings (SSSR count). The topological polar surface area (TPSA) is 102 Å². The van der Waals surface area contributed by atoms with Gasteiger partial charge in [-0.25, -0.2) is 14.8 Å². The molecule has 2 saturated heterocycles. The number of aliphatic imine (C=N–C) groups is 1. The van der Waals surface area contributed by atoms with Gasteiger partial charge in [0.1, 0.15) is 6.33 Å². The number of hydrogen-bond donors (Lipinski definition) is 1. The smallest absolute Gasteiger partial charge is 0.352 e. The molecule has 126 valence electrons. The zero-order valence-electron chi connectivity index (χ0n) is 12.9. The predicted octanol–water partition coefficient (Wildman–Crippen LogP) is -0.657. The maximum atomic E-state index is 12.1. The largest absolute Gasteiger partial charge is 0.394 e. The Morgan fingerprint density at radius 1 is 1.39 bits per heavy atom. The number of nitrogens with zero attached hydrogens (tertiary/aromatic N) is 5. The molecule has 2 fully saturated rings. The summed E-state index contributed by atoms with van der Waals surface area (Å²) in [6, 6.07) is -0.0948. The second kappa shape index (κ2) is 7.62. The van der Waals surface area contributed by atoms with Crippen LogP contribution in [0.5, 0.6) is 0 Å². The second-order valence-electron chi connectivity index (χ2n) is 5.61. The lowest BCUT2D eigenvalue weighted by molar-refractivity contribution is -0.0399. The highest BCUT2D eigenvalue weighted by Crippen LogP contribution is 2.21. The molecule has 0 amide bonds. The predicted molar refractivity (Wildman–Crippen MR) is 81.9 cm³/mol. The molecule has 23 heavy (non-hydrogen) atoms. The first kappa shape index (κ1) is 16.0. The summed E-state index contributed by atoms with van der Waals surface area (Å²) in [7, 11) is 0. The van der Waals surface area contributed by atoms with Crippen molar-refractivity contribution in [1.29, 1.82) is 0 Å². The van der Waals surface area contributed by atoms with E-state index >= 15 is 0 Å². The molecule has 9 heteroatoms. The SMILES string of the molecule is O=c1nc(/N=C/N2CCOCC2)ncn1C1CC[C@@H](CO)OC1. The highest BCUT2D eigenvalue weighted by Gasteiger charge is 2.23. The van der Waals surface area contributed by atoms with Gasteiger partial charge in [-0.1, -0.05) is 0 Å². The van der Waals surface area contributed by atoms with Crippen LogP contribution in [-0.4, -0.2) is 76.5 Å². The minimum atomic E-state index is -0.384. The molecular formula is C14H21N5O4. The second-order valence-corrected chi connectivity index (χ2v) is 5.61. The molecule has 0 saturated carbocycles. The lowest BCUT2D eigenvalue weighted by Crippen LogP contribution is -2.36. The Labute approximate surface area is 133 Å². The van der Waals surface area contributed by atoms with Gasteiger partial charge in [-0.15, -0.1) is 0 Å². The van der Waals surface area contributed by atoms with Crippen LogP contribution in [0, 0.1) is 0 Å². The number of hydrogen-bond acceptors (Lipinski definition) is 7. The van der Waals surface area contributed by atoms with Crippen LogP contribution < -0.4 is 5.69 Å². The van der Waals surface area contributed by atoms with Crippen LogP contribution in [0.15, 0.2) is 16.1 Å². The highest BCUT2D eigenvalue weighted by atomic mass is 16.5. The Morgan fingerprint density at radius 3 is 2.87 bits per heavy atom. The first-order valence-electron chi connectivity index (χ1n) is 7.80. The van der Waals surface area contributed by atoms with E-state index in [1.807, 2.05) is 4.90 Å². The lowest BCUT2D eigenvalue weighted by atomic mass is 10.1. The maximum absolute atomic E-state index is 12.1. The molecule has 2 aliphatic heterocycles. The first-order chi connectivity index (χ1) is 11.3. The van der Waals surface area contributed by atoms with Gasteiger partial charge in [-0.05, 0) is 12.8 Å². The molecule has 2 atom stereocenters. The maximum Gasteiger partial charge on any atom is 0.352 e. The number of aliphatic hydroxyl groups excluding tert-OH is 1. The third kappa shape index (κ3) is 4.12. The standard InChI is InChI=1S/C14H21N5O4/c20-7-12-2-1-11(8-23-12)19-10-16-13(17-14(19)21)15-9-18-3-5-22-6-4-18/h9-12,20H,1-8H2/b15-9+/t11?,12-/m0/s1. The first-order valence-corrected chi connectivity index (χ1v) is 7.80. The zero-order chi connectivity index (χ0) is 16.1. The van der Waals surface area contributed by atoms with Gasteiger partial charge in [0.15, 0.2) is 0 Å². The fourth-order valence-corrected chi connectivity index (χ4v) is 2.63. The molecule has 9 nitrogen and oxygen atoms in total. The normalized spacial score (nSPS) is 25.9. The Bertz CT molecular complexity index is 591. The average molecular weight is 323 g/mol. The molecule has 3 heterocycles. The van der Waals surface area contributed by atoms with E-state index < -0.39 is 0 Å². The number of rotatable bonds is 4. The van der Waals surface area contributed by atoms with Gasteiger partial charge in [0.05, 0.1) is 44.9 Å². The minimum absolute atomic E-state index is 0.00725. The Kier molecular flexibility index (Phi) is 5.31. The van der Waals surface area contributed by atoms with E-state index in [-0.39, 0.29) is 30.4 Å². The van der Waals surface area contributed by atoms with Gasteiger partial charge in [0, 0.05) is 13.1 Å². The summed E-state index contributed by atoms with van der Waals surface area (Å²) >= 11 is 0. The molecule has 0 aromatic carbocycles. The van der Waals surface area contributed by atoms with Crippen LogP contribution >= 0.6 is 0 Å². The summed E-state index contributed by atoms with van der Waals surface area (Å²) in [5.74, 6) is 0.155. The van der Waals surface area contributed by atoms with Crippen LogP contribution in [-0.2, 0) is 9.47 Å². The minimum Gasteiger partial charge on any atom is -0.394 e. The van der Waals surface area contributed by atoms with E-state index in [0.29, 0.717) is 26.2 Å².